The molecule has 11 rings (SSSR count). The van der Waals surface area contributed by atoms with Crippen LogP contribution in [-0.4, -0.2) is 0 Å². The minimum atomic E-state index is 0.906. The van der Waals surface area contributed by atoms with Crippen molar-refractivity contribution < 1.29 is 4.42 Å². The van der Waals surface area contributed by atoms with Crippen molar-refractivity contribution >= 4 is 81.3 Å². The smallest absolute Gasteiger partial charge is 0.136 e. The lowest BCUT2D eigenvalue weighted by atomic mass is 9.97. The Kier molecular flexibility index (Phi) is 7.39. The van der Waals surface area contributed by atoms with Crippen LogP contribution in [0.2, 0.25) is 0 Å². The fraction of sp³-hybridized carbons (Fsp3) is 0. The maximum absolute atomic E-state index is 6.23. The first-order valence-electron chi connectivity index (χ1n) is 18.7. The number of thiophene rings is 1. The summed E-state index contributed by atoms with van der Waals surface area (Å²) in [6, 6.07) is 72.3. The fourth-order valence-electron chi connectivity index (χ4n) is 8.16. The first kappa shape index (κ1) is 31.6. The van der Waals surface area contributed by atoms with Crippen molar-refractivity contribution in [2.24, 2.45) is 0 Å². The second-order valence-corrected chi connectivity index (χ2v) is 15.2. The molecule has 0 bridgehead atoms. The Hall–Kier alpha value is -6.94. The Morgan fingerprint density at radius 1 is 0.345 bits per heavy atom. The van der Waals surface area contributed by atoms with Crippen LogP contribution in [0.4, 0.5) is 17.1 Å². The summed E-state index contributed by atoms with van der Waals surface area (Å²) in [6.45, 7) is 0. The predicted octanol–water partition coefficient (Wildman–Crippen LogP) is 15.6. The van der Waals surface area contributed by atoms with Crippen molar-refractivity contribution in [3.63, 3.8) is 0 Å². The van der Waals surface area contributed by atoms with Gasteiger partial charge in [0.15, 0.2) is 0 Å². The molecular weight excluding hydrogens is 687 g/mol. The molecular formula is C52H33NOS. The second kappa shape index (κ2) is 12.9. The number of para-hydroxylation sites is 1. The number of hydrogen-bond donors (Lipinski definition) is 0. The van der Waals surface area contributed by atoms with Gasteiger partial charge in [-0.15, -0.1) is 11.3 Å². The Bertz CT molecular complexity index is 3210. The SMILES string of the molecule is c1cc(-c2ccc(N(c3ccc(-c4cccc5oc6ccccc6c45)cc3)c3ccc4sc5ccccc5c4c3)cc2)cc(-c2ccc3ccccc3c2)c1. The van der Waals surface area contributed by atoms with E-state index in [1.54, 1.807) is 0 Å². The van der Waals surface area contributed by atoms with E-state index in [1.165, 1.54) is 58.8 Å². The first-order chi connectivity index (χ1) is 27.2. The molecule has 0 amide bonds. The molecule has 0 saturated carbocycles. The van der Waals surface area contributed by atoms with Crippen LogP contribution in [0.1, 0.15) is 0 Å². The van der Waals surface area contributed by atoms with Crippen molar-refractivity contribution in [3.05, 3.63) is 200 Å². The van der Waals surface area contributed by atoms with Gasteiger partial charge in [0, 0.05) is 48.0 Å². The van der Waals surface area contributed by atoms with Crippen LogP contribution in [0.15, 0.2) is 205 Å². The highest BCUT2D eigenvalue weighted by Gasteiger charge is 2.17. The van der Waals surface area contributed by atoms with Gasteiger partial charge in [-0.05, 0) is 117 Å². The van der Waals surface area contributed by atoms with E-state index >= 15 is 0 Å². The molecule has 0 aliphatic rings. The molecule has 55 heavy (non-hydrogen) atoms. The molecule has 0 N–H and O–H groups in total. The van der Waals surface area contributed by atoms with Crippen LogP contribution < -0.4 is 4.90 Å². The third-order valence-corrected chi connectivity index (χ3v) is 12.0. The molecule has 0 atom stereocenters. The van der Waals surface area contributed by atoms with E-state index in [2.05, 4.69) is 193 Å². The summed E-state index contributed by atoms with van der Waals surface area (Å²) in [5.74, 6) is 0. The topological polar surface area (TPSA) is 16.4 Å². The normalized spacial score (nSPS) is 11.6. The third-order valence-electron chi connectivity index (χ3n) is 10.9. The predicted molar refractivity (Wildman–Crippen MR) is 235 cm³/mol. The number of furan rings is 1. The number of fused-ring (bicyclic) bond motifs is 7. The number of anilines is 3. The summed E-state index contributed by atoms with van der Waals surface area (Å²) in [6.07, 6.45) is 0. The minimum Gasteiger partial charge on any atom is -0.456 e. The van der Waals surface area contributed by atoms with Crippen LogP contribution in [0, 0.1) is 0 Å². The lowest BCUT2D eigenvalue weighted by molar-refractivity contribution is 0.669. The summed E-state index contributed by atoms with van der Waals surface area (Å²) in [7, 11) is 0. The lowest BCUT2D eigenvalue weighted by Gasteiger charge is -2.26. The molecule has 0 aliphatic heterocycles. The van der Waals surface area contributed by atoms with Gasteiger partial charge in [-0.2, -0.15) is 0 Å². The summed E-state index contributed by atoms with van der Waals surface area (Å²) < 4.78 is 8.83. The third kappa shape index (κ3) is 5.48. The van der Waals surface area contributed by atoms with E-state index < -0.39 is 0 Å². The maximum atomic E-state index is 6.23. The van der Waals surface area contributed by atoms with Crippen LogP contribution >= 0.6 is 11.3 Å². The second-order valence-electron chi connectivity index (χ2n) is 14.1. The van der Waals surface area contributed by atoms with Gasteiger partial charge in [0.1, 0.15) is 11.2 Å². The molecule has 0 radical (unpaired) electrons. The number of hydrogen-bond acceptors (Lipinski definition) is 3. The molecule has 9 aromatic carbocycles. The molecule has 2 heterocycles. The molecule has 11 aromatic rings. The van der Waals surface area contributed by atoms with Crippen molar-refractivity contribution in [1.29, 1.82) is 0 Å². The molecule has 2 aromatic heterocycles. The van der Waals surface area contributed by atoms with Crippen LogP contribution in [0.5, 0.6) is 0 Å². The highest BCUT2D eigenvalue weighted by Crippen LogP contribution is 2.43. The van der Waals surface area contributed by atoms with Gasteiger partial charge >= 0.3 is 0 Å². The minimum absolute atomic E-state index is 0.906. The van der Waals surface area contributed by atoms with Gasteiger partial charge in [-0.25, -0.2) is 0 Å². The van der Waals surface area contributed by atoms with Crippen LogP contribution in [0.25, 0.3) is 86.3 Å². The maximum Gasteiger partial charge on any atom is 0.136 e. The number of benzene rings is 9. The lowest BCUT2D eigenvalue weighted by Crippen LogP contribution is -2.09. The molecule has 0 fully saturated rings. The molecule has 0 unspecified atom stereocenters. The van der Waals surface area contributed by atoms with E-state index in [0.29, 0.717) is 0 Å². The Labute approximate surface area is 322 Å². The summed E-state index contributed by atoms with van der Waals surface area (Å²) >= 11 is 1.85. The zero-order valence-corrected chi connectivity index (χ0v) is 30.6. The van der Waals surface area contributed by atoms with E-state index in [4.69, 9.17) is 4.42 Å². The molecule has 3 heteroatoms. The number of rotatable bonds is 6. The van der Waals surface area contributed by atoms with E-state index in [9.17, 15) is 0 Å². The Morgan fingerprint density at radius 2 is 0.945 bits per heavy atom. The quantitative estimate of drug-likeness (QED) is 0.170. The Morgan fingerprint density at radius 3 is 1.78 bits per heavy atom. The zero-order chi connectivity index (χ0) is 36.3. The van der Waals surface area contributed by atoms with E-state index in [1.807, 2.05) is 23.5 Å². The van der Waals surface area contributed by atoms with Crippen molar-refractivity contribution in [2.45, 2.75) is 0 Å². The van der Waals surface area contributed by atoms with Crippen molar-refractivity contribution in [2.75, 3.05) is 4.90 Å². The van der Waals surface area contributed by atoms with Gasteiger partial charge in [0.25, 0.3) is 0 Å². The molecule has 2 nitrogen and oxygen atoms in total. The summed E-state index contributed by atoms with van der Waals surface area (Å²) in [4.78, 5) is 2.37. The Balaban J connectivity index is 0.998. The fourth-order valence-corrected chi connectivity index (χ4v) is 9.24. The standard InChI is InChI=1S/C52H33NOS/c1-2-10-37-32-40(20-19-34(37)9-1)39-12-7-11-38(31-39)35-21-25-41(26-22-35)53(43-29-30-51-47(33-43)45-13-4-6-18-50(45)55-51)42-27-23-36(24-28-42)44-15-8-17-49-52(44)46-14-3-5-16-48(46)54-49/h1-33H. The largest absolute Gasteiger partial charge is 0.456 e. The summed E-state index contributed by atoms with van der Waals surface area (Å²) in [5.41, 5.74) is 12.3. The highest BCUT2D eigenvalue weighted by molar-refractivity contribution is 7.25. The molecule has 0 aliphatic carbocycles. The zero-order valence-electron chi connectivity index (χ0n) is 29.8. The van der Waals surface area contributed by atoms with Crippen molar-refractivity contribution in [1.82, 2.24) is 0 Å². The van der Waals surface area contributed by atoms with Crippen LogP contribution in [0.3, 0.4) is 0 Å². The molecule has 0 spiro atoms. The van der Waals surface area contributed by atoms with Crippen LogP contribution in [-0.2, 0) is 0 Å². The van der Waals surface area contributed by atoms with Gasteiger partial charge in [0.2, 0.25) is 0 Å². The number of nitrogens with zero attached hydrogens (tertiary/aromatic N) is 1. The van der Waals surface area contributed by atoms with Gasteiger partial charge < -0.3 is 9.32 Å². The molecule has 0 saturated heterocycles. The van der Waals surface area contributed by atoms with Crippen molar-refractivity contribution in [3.8, 4) is 33.4 Å². The van der Waals surface area contributed by atoms with E-state index in [0.717, 1.165) is 44.6 Å². The average molecular weight is 720 g/mol. The monoisotopic (exact) mass is 719 g/mol. The first-order valence-corrected chi connectivity index (χ1v) is 19.5. The van der Waals surface area contributed by atoms with Gasteiger partial charge in [0.05, 0.1) is 0 Å². The van der Waals surface area contributed by atoms with E-state index in [-0.39, 0.29) is 0 Å². The van der Waals surface area contributed by atoms with Gasteiger partial charge in [-0.3, -0.25) is 0 Å². The average Bonchev–Trinajstić information content (AvgIpc) is 3.83. The summed E-state index contributed by atoms with van der Waals surface area (Å²) in [5, 5.41) is 7.37. The highest BCUT2D eigenvalue weighted by atomic mass is 32.1. The molecule has 258 valence electrons. The van der Waals surface area contributed by atoms with Gasteiger partial charge in [-0.1, -0.05) is 127 Å².